The molecular weight excluding hydrogens is 338 g/mol. The van der Waals surface area contributed by atoms with Crippen molar-refractivity contribution in [1.82, 2.24) is 16.0 Å². The van der Waals surface area contributed by atoms with Crippen molar-refractivity contribution in [2.75, 3.05) is 26.7 Å². The van der Waals surface area contributed by atoms with Crippen molar-refractivity contribution in [1.29, 1.82) is 0 Å². The van der Waals surface area contributed by atoms with Crippen LogP contribution in [0.4, 0.5) is 4.79 Å². The number of benzene rings is 1. The fraction of sp³-hybridized carbons (Fsp3) is 0.500. The van der Waals surface area contributed by atoms with E-state index in [1.165, 1.54) is 0 Å². The molecule has 8 nitrogen and oxygen atoms in total. The van der Waals surface area contributed by atoms with Crippen molar-refractivity contribution in [3.8, 4) is 5.75 Å². The van der Waals surface area contributed by atoms with Crippen molar-refractivity contribution >= 4 is 17.9 Å². The molecule has 0 aliphatic carbocycles. The van der Waals surface area contributed by atoms with Crippen molar-refractivity contribution in [2.45, 2.75) is 32.8 Å². The maximum atomic E-state index is 11.9. The number of amides is 3. The van der Waals surface area contributed by atoms with E-state index >= 15 is 0 Å². The molecule has 0 aliphatic rings. The van der Waals surface area contributed by atoms with E-state index in [1.54, 1.807) is 52.1 Å². The van der Waals surface area contributed by atoms with Crippen molar-refractivity contribution in [3.05, 3.63) is 29.8 Å². The Labute approximate surface area is 153 Å². The number of alkyl carbamates (subject to hydrolysis) is 1. The molecule has 0 bridgehead atoms. The summed E-state index contributed by atoms with van der Waals surface area (Å²) < 4.78 is 10.1. The first kappa shape index (κ1) is 21.3. The van der Waals surface area contributed by atoms with E-state index in [4.69, 9.17) is 9.47 Å². The van der Waals surface area contributed by atoms with Gasteiger partial charge in [-0.1, -0.05) is 0 Å². The van der Waals surface area contributed by atoms with Gasteiger partial charge in [-0.05, 0) is 51.5 Å². The highest BCUT2D eigenvalue weighted by Crippen LogP contribution is 2.11. The Morgan fingerprint density at radius 3 is 2.15 bits per heavy atom. The molecule has 26 heavy (non-hydrogen) atoms. The lowest BCUT2D eigenvalue weighted by Crippen LogP contribution is -2.40. The average Bonchev–Trinajstić information content (AvgIpc) is 2.58. The first-order chi connectivity index (χ1) is 12.2. The largest absolute Gasteiger partial charge is 0.497 e. The van der Waals surface area contributed by atoms with Crippen molar-refractivity contribution < 1.29 is 23.9 Å². The number of hydrogen-bond acceptors (Lipinski definition) is 5. The average molecular weight is 365 g/mol. The molecular formula is C18H27N3O5. The summed E-state index contributed by atoms with van der Waals surface area (Å²) in [4.78, 5) is 35.0. The molecule has 0 spiro atoms. The Hall–Kier alpha value is -2.77. The highest BCUT2D eigenvalue weighted by Gasteiger charge is 2.16. The van der Waals surface area contributed by atoms with E-state index in [1.807, 2.05) is 0 Å². The lowest BCUT2D eigenvalue weighted by Gasteiger charge is -2.19. The van der Waals surface area contributed by atoms with E-state index in [9.17, 15) is 14.4 Å². The van der Waals surface area contributed by atoms with Gasteiger partial charge < -0.3 is 25.4 Å². The van der Waals surface area contributed by atoms with E-state index in [-0.39, 0.29) is 18.4 Å². The van der Waals surface area contributed by atoms with Crippen LogP contribution < -0.4 is 20.7 Å². The van der Waals surface area contributed by atoms with Crippen LogP contribution >= 0.6 is 0 Å². The number of hydrogen-bond donors (Lipinski definition) is 3. The summed E-state index contributed by atoms with van der Waals surface area (Å²) in [6.45, 7) is 5.88. The first-order valence-corrected chi connectivity index (χ1v) is 8.37. The van der Waals surface area contributed by atoms with Gasteiger partial charge in [0.15, 0.2) is 0 Å². The highest BCUT2D eigenvalue weighted by molar-refractivity contribution is 5.94. The third-order valence-electron chi connectivity index (χ3n) is 3.11. The molecule has 0 radical (unpaired) electrons. The summed E-state index contributed by atoms with van der Waals surface area (Å²) in [6, 6.07) is 6.79. The predicted molar refractivity (Wildman–Crippen MR) is 97.2 cm³/mol. The lowest BCUT2D eigenvalue weighted by atomic mass is 10.2. The van der Waals surface area contributed by atoms with Gasteiger partial charge >= 0.3 is 6.09 Å². The second kappa shape index (κ2) is 10.3. The minimum absolute atomic E-state index is 0.160. The van der Waals surface area contributed by atoms with Crippen LogP contribution in [0.15, 0.2) is 24.3 Å². The van der Waals surface area contributed by atoms with Crippen LogP contribution in [-0.2, 0) is 9.53 Å². The quantitative estimate of drug-likeness (QED) is 0.605. The topological polar surface area (TPSA) is 106 Å². The molecule has 8 heteroatoms. The van der Waals surface area contributed by atoms with Gasteiger partial charge in [0, 0.05) is 18.7 Å². The molecule has 0 atom stereocenters. The summed E-state index contributed by atoms with van der Waals surface area (Å²) in [5.41, 5.74) is -0.0702. The van der Waals surface area contributed by atoms with E-state index in [0.29, 0.717) is 30.8 Å². The van der Waals surface area contributed by atoms with Gasteiger partial charge in [-0.25, -0.2) is 4.79 Å². The fourth-order valence-corrected chi connectivity index (χ4v) is 1.89. The number of nitrogens with one attached hydrogen (secondary N) is 3. The second-order valence-corrected chi connectivity index (χ2v) is 6.54. The van der Waals surface area contributed by atoms with Gasteiger partial charge in [-0.15, -0.1) is 0 Å². The van der Waals surface area contributed by atoms with Gasteiger partial charge in [0.05, 0.1) is 13.7 Å². The SMILES string of the molecule is COc1ccc(C(=O)NCCCNC(=O)CNC(=O)OC(C)(C)C)cc1. The summed E-state index contributed by atoms with van der Waals surface area (Å²) in [5.74, 6) is 0.173. The van der Waals surface area contributed by atoms with E-state index in [0.717, 1.165) is 0 Å². The Bertz CT molecular complexity index is 608. The number of carbonyl (C=O) groups excluding carboxylic acids is 3. The third-order valence-corrected chi connectivity index (χ3v) is 3.11. The summed E-state index contributed by atoms with van der Waals surface area (Å²) >= 11 is 0. The maximum absolute atomic E-state index is 11.9. The van der Waals surface area contributed by atoms with Gasteiger partial charge in [0.2, 0.25) is 5.91 Å². The molecule has 3 N–H and O–H groups in total. The Balaban J connectivity index is 2.15. The van der Waals surface area contributed by atoms with Crippen LogP contribution in [0.3, 0.4) is 0 Å². The normalized spacial score (nSPS) is 10.6. The molecule has 0 saturated carbocycles. The number of rotatable bonds is 8. The molecule has 3 amide bonds. The van der Waals surface area contributed by atoms with Gasteiger partial charge in [-0.3, -0.25) is 9.59 Å². The van der Waals surface area contributed by atoms with Crippen LogP contribution in [0.1, 0.15) is 37.6 Å². The zero-order chi connectivity index (χ0) is 19.6. The Kier molecular flexibility index (Phi) is 8.41. The predicted octanol–water partition coefficient (Wildman–Crippen LogP) is 1.46. The van der Waals surface area contributed by atoms with Crippen LogP contribution in [0.2, 0.25) is 0 Å². The molecule has 144 valence electrons. The minimum atomic E-state index is -0.639. The lowest BCUT2D eigenvalue weighted by molar-refractivity contribution is -0.120. The molecule has 0 saturated heterocycles. The van der Waals surface area contributed by atoms with Gasteiger partial charge in [-0.2, -0.15) is 0 Å². The van der Waals surface area contributed by atoms with Crippen LogP contribution in [-0.4, -0.2) is 50.3 Å². The maximum Gasteiger partial charge on any atom is 0.408 e. The second-order valence-electron chi connectivity index (χ2n) is 6.54. The third kappa shape index (κ3) is 8.91. The molecule has 0 heterocycles. The van der Waals surface area contributed by atoms with Crippen molar-refractivity contribution in [3.63, 3.8) is 0 Å². The van der Waals surface area contributed by atoms with Crippen LogP contribution in [0.25, 0.3) is 0 Å². The molecule has 1 aromatic carbocycles. The van der Waals surface area contributed by atoms with Crippen LogP contribution in [0, 0.1) is 0 Å². The Morgan fingerprint density at radius 2 is 1.58 bits per heavy atom. The first-order valence-electron chi connectivity index (χ1n) is 8.37. The standard InChI is InChI=1S/C18H27N3O5/c1-18(2,3)26-17(24)21-12-15(22)19-10-5-11-20-16(23)13-6-8-14(25-4)9-7-13/h6-9H,5,10-12H2,1-4H3,(H,19,22)(H,20,23)(H,21,24). The molecule has 0 unspecified atom stereocenters. The van der Waals surface area contributed by atoms with E-state index in [2.05, 4.69) is 16.0 Å². The molecule has 0 fully saturated rings. The van der Waals surface area contributed by atoms with E-state index < -0.39 is 11.7 Å². The number of carbonyl (C=O) groups is 3. The zero-order valence-electron chi connectivity index (χ0n) is 15.7. The summed E-state index contributed by atoms with van der Waals surface area (Å²) in [5, 5.41) is 7.79. The minimum Gasteiger partial charge on any atom is -0.497 e. The molecule has 1 rings (SSSR count). The monoisotopic (exact) mass is 365 g/mol. The smallest absolute Gasteiger partial charge is 0.408 e. The van der Waals surface area contributed by atoms with Crippen LogP contribution in [0.5, 0.6) is 5.75 Å². The number of ether oxygens (including phenoxy) is 2. The molecule has 0 aliphatic heterocycles. The number of methoxy groups -OCH3 is 1. The van der Waals surface area contributed by atoms with Gasteiger partial charge in [0.25, 0.3) is 5.91 Å². The highest BCUT2D eigenvalue weighted by atomic mass is 16.6. The Morgan fingerprint density at radius 1 is 0.962 bits per heavy atom. The van der Waals surface area contributed by atoms with Crippen molar-refractivity contribution in [2.24, 2.45) is 0 Å². The zero-order valence-corrected chi connectivity index (χ0v) is 15.7. The molecule has 0 aromatic heterocycles. The fourth-order valence-electron chi connectivity index (χ4n) is 1.89. The summed E-state index contributed by atoms with van der Waals surface area (Å²) in [6.07, 6.45) is -0.0699. The molecule has 1 aromatic rings. The summed E-state index contributed by atoms with van der Waals surface area (Å²) in [7, 11) is 1.56. The van der Waals surface area contributed by atoms with Gasteiger partial charge in [0.1, 0.15) is 11.4 Å².